The van der Waals surface area contributed by atoms with Crippen LogP contribution in [-0.4, -0.2) is 22.6 Å². The van der Waals surface area contributed by atoms with E-state index in [0.717, 1.165) is 36.3 Å². The zero-order chi connectivity index (χ0) is 14.8. The molecule has 0 atom stereocenters. The van der Waals surface area contributed by atoms with Crippen LogP contribution in [0.5, 0.6) is 0 Å². The van der Waals surface area contributed by atoms with E-state index in [2.05, 4.69) is 5.32 Å². The van der Waals surface area contributed by atoms with Crippen molar-refractivity contribution >= 4 is 17.2 Å². The summed E-state index contributed by atoms with van der Waals surface area (Å²) < 4.78 is 1.68. The molecular weight excluding hydrogens is 274 g/mol. The Labute approximate surface area is 123 Å². The number of nitrogens with one attached hydrogen (secondary N) is 1. The summed E-state index contributed by atoms with van der Waals surface area (Å²) in [6.45, 7) is 4.79. The molecular formula is C14H23N3O2S. The van der Waals surface area contributed by atoms with Crippen molar-refractivity contribution in [1.29, 1.82) is 0 Å². The normalized spacial score (nSPS) is 17.4. The second kappa shape index (κ2) is 6.10. The van der Waals surface area contributed by atoms with Gasteiger partial charge in [-0.3, -0.25) is 9.59 Å². The van der Waals surface area contributed by atoms with Crippen LogP contribution in [0.25, 0.3) is 0 Å². The molecule has 5 nitrogen and oxygen atoms in total. The maximum absolute atomic E-state index is 12.1. The Kier molecular flexibility index (Phi) is 4.65. The van der Waals surface area contributed by atoms with Crippen LogP contribution in [0.1, 0.15) is 42.7 Å². The molecule has 0 saturated heterocycles. The SMILES string of the molecule is Cc1sc(=O)n(CCC(=O)NC2(CN)CCCC2)c1C. The topological polar surface area (TPSA) is 77.1 Å². The fourth-order valence-corrected chi connectivity index (χ4v) is 3.71. The Morgan fingerprint density at radius 3 is 2.55 bits per heavy atom. The first-order valence-corrected chi connectivity index (χ1v) is 7.97. The Morgan fingerprint density at radius 2 is 2.05 bits per heavy atom. The predicted molar refractivity (Wildman–Crippen MR) is 81.1 cm³/mol. The van der Waals surface area contributed by atoms with Crippen LogP contribution in [-0.2, 0) is 11.3 Å². The molecule has 1 saturated carbocycles. The Hall–Kier alpha value is -1.14. The molecule has 1 aliphatic rings. The van der Waals surface area contributed by atoms with Crippen LogP contribution < -0.4 is 15.9 Å². The zero-order valence-corrected chi connectivity index (χ0v) is 13.0. The highest BCUT2D eigenvalue weighted by Gasteiger charge is 2.33. The number of rotatable bonds is 5. The molecule has 0 radical (unpaired) electrons. The van der Waals surface area contributed by atoms with Crippen molar-refractivity contribution in [3.8, 4) is 0 Å². The molecule has 3 N–H and O–H groups in total. The standard InChI is InChI=1S/C14H23N3O2S/c1-10-11(2)20-13(19)17(10)8-5-12(18)16-14(9-15)6-3-4-7-14/h3-9,15H2,1-2H3,(H,16,18). The first kappa shape index (κ1) is 15.3. The third-order valence-electron chi connectivity index (χ3n) is 4.29. The lowest BCUT2D eigenvalue weighted by molar-refractivity contribution is -0.123. The van der Waals surface area contributed by atoms with E-state index in [-0.39, 0.29) is 16.3 Å². The molecule has 112 valence electrons. The summed E-state index contributed by atoms with van der Waals surface area (Å²) in [6.07, 6.45) is 4.51. The maximum Gasteiger partial charge on any atom is 0.307 e. The predicted octanol–water partition coefficient (Wildman–Crippen LogP) is 1.30. The van der Waals surface area contributed by atoms with E-state index in [4.69, 9.17) is 5.73 Å². The summed E-state index contributed by atoms with van der Waals surface area (Å²) >= 11 is 1.24. The fraction of sp³-hybridized carbons (Fsp3) is 0.714. The fourth-order valence-electron chi connectivity index (χ4n) is 2.85. The van der Waals surface area contributed by atoms with E-state index >= 15 is 0 Å². The van der Waals surface area contributed by atoms with Gasteiger partial charge in [-0.2, -0.15) is 0 Å². The van der Waals surface area contributed by atoms with Gasteiger partial charge in [0, 0.05) is 30.1 Å². The molecule has 2 rings (SSSR count). The van der Waals surface area contributed by atoms with Crippen molar-refractivity contribution < 1.29 is 4.79 Å². The Balaban J connectivity index is 1.94. The van der Waals surface area contributed by atoms with Crippen LogP contribution in [0.2, 0.25) is 0 Å². The summed E-state index contributed by atoms with van der Waals surface area (Å²) in [4.78, 5) is 24.9. The Bertz CT molecular complexity index is 541. The highest BCUT2D eigenvalue weighted by atomic mass is 32.1. The minimum atomic E-state index is -0.207. The number of hydrogen-bond donors (Lipinski definition) is 2. The van der Waals surface area contributed by atoms with Gasteiger partial charge in [-0.25, -0.2) is 0 Å². The number of aryl methyl sites for hydroxylation is 1. The molecule has 1 heterocycles. The minimum Gasteiger partial charge on any atom is -0.349 e. The summed E-state index contributed by atoms with van der Waals surface area (Å²) in [5.41, 5.74) is 6.56. The number of nitrogens with zero attached hydrogens (tertiary/aromatic N) is 1. The molecule has 1 fully saturated rings. The zero-order valence-electron chi connectivity index (χ0n) is 12.2. The van der Waals surface area contributed by atoms with Crippen LogP contribution in [0.3, 0.4) is 0 Å². The second-order valence-corrected chi connectivity index (χ2v) is 6.82. The van der Waals surface area contributed by atoms with Crippen LogP contribution in [0.4, 0.5) is 0 Å². The summed E-state index contributed by atoms with van der Waals surface area (Å²) in [5.74, 6) is -0.00694. The monoisotopic (exact) mass is 297 g/mol. The van der Waals surface area contributed by atoms with Gasteiger partial charge in [-0.1, -0.05) is 24.2 Å². The van der Waals surface area contributed by atoms with Crippen LogP contribution in [0, 0.1) is 13.8 Å². The van der Waals surface area contributed by atoms with Crippen molar-refractivity contribution in [2.24, 2.45) is 5.73 Å². The number of thiazole rings is 1. The lowest BCUT2D eigenvalue weighted by atomic mass is 9.97. The van der Waals surface area contributed by atoms with E-state index in [1.165, 1.54) is 11.3 Å². The third-order valence-corrected chi connectivity index (χ3v) is 5.29. The van der Waals surface area contributed by atoms with Gasteiger partial charge in [0.15, 0.2) is 0 Å². The van der Waals surface area contributed by atoms with E-state index < -0.39 is 0 Å². The van der Waals surface area contributed by atoms with E-state index in [1.54, 1.807) is 4.57 Å². The van der Waals surface area contributed by atoms with Crippen molar-refractivity contribution in [2.45, 2.75) is 58.0 Å². The number of aromatic nitrogens is 1. The second-order valence-electron chi connectivity index (χ2n) is 5.65. The van der Waals surface area contributed by atoms with Crippen LogP contribution >= 0.6 is 11.3 Å². The quantitative estimate of drug-likeness (QED) is 0.860. The molecule has 0 bridgehead atoms. The van der Waals surface area contributed by atoms with Gasteiger partial charge in [0.1, 0.15) is 0 Å². The molecule has 1 amide bonds. The number of carbonyl (C=O) groups is 1. The molecule has 1 aliphatic carbocycles. The average molecular weight is 297 g/mol. The van der Waals surface area contributed by atoms with Gasteiger partial charge >= 0.3 is 4.87 Å². The maximum atomic E-state index is 12.1. The largest absolute Gasteiger partial charge is 0.349 e. The van der Waals surface area contributed by atoms with Gasteiger partial charge < -0.3 is 15.6 Å². The summed E-state index contributed by atoms with van der Waals surface area (Å²) in [5, 5.41) is 3.08. The number of nitrogens with two attached hydrogens (primary N) is 1. The lowest BCUT2D eigenvalue weighted by Crippen LogP contribution is -2.51. The molecule has 0 aromatic carbocycles. The van der Waals surface area contributed by atoms with Crippen molar-refractivity contribution in [1.82, 2.24) is 9.88 Å². The highest BCUT2D eigenvalue weighted by Crippen LogP contribution is 2.28. The summed E-state index contributed by atoms with van der Waals surface area (Å²) in [6, 6.07) is 0. The first-order chi connectivity index (χ1) is 9.47. The van der Waals surface area contributed by atoms with Gasteiger partial charge in [0.25, 0.3) is 0 Å². The molecule has 0 aliphatic heterocycles. The van der Waals surface area contributed by atoms with Gasteiger partial charge in [-0.05, 0) is 26.7 Å². The molecule has 6 heteroatoms. The highest BCUT2D eigenvalue weighted by molar-refractivity contribution is 7.09. The number of hydrogen-bond acceptors (Lipinski definition) is 4. The van der Waals surface area contributed by atoms with Crippen molar-refractivity contribution in [2.75, 3.05) is 6.54 Å². The smallest absolute Gasteiger partial charge is 0.307 e. The van der Waals surface area contributed by atoms with E-state index in [1.807, 2.05) is 13.8 Å². The summed E-state index contributed by atoms with van der Waals surface area (Å²) in [7, 11) is 0. The number of amides is 1. The lowest BCUT2D eigenvalue weighted by Gasteiger charge is -2.28. The molecule has 1 aromatic heterocycles. The van der Waals surface area contributed by atoms with Gasteiger partial charge in [0.2, 0.25) is 5.91 Å². The van der Waals surface area contributed by atoms with Crippen LogP contribution in [0.15, 0.2) is 4.79 Å². The third kappa shape index (κ3) is 3.12. The average Bonchev–Trinajstić information content (AvgIpc) is 2.95. The van der Waals surface area contributed by atoms with Gasteiger partial charge in [0.05, 0.1) is 5.54 Å². The number of carbonyl (C=O) groups excluding carboxylic acids is 1. The van der Waals surface area contributed by atoms with Gasteiger partial charge in [-0.15, -0.1) is 0 Å². The van der Waals surface area contributed by atoms with Crippen molar-refractivity contribution in [3.63, 3.8) is 0 Å². The minimum absolute atomic E-state index is 0.00694. The Morgan fingerprint density at radius 1 is 1.40 bits per heavy atom. The van der Waals surface area contributed by atoms with E-state index in [0.29, 0.717) is 19.5 Å². The van der Waals surface area contributed by atoms with Crippen molar-refractivity contribution in [3.05, 3.63) is 20.2 Å². The molecule has 0 spiro atoms. The molecule has 1 aromatic rings. The molecule has 20 heavy (non-hydrogen) atoms. The van der Waals surface area contributed by atoms with E-state index in [9.17, 15) is 9.59 Å². The first-order valence-electron chi connectivity index (χ1n) is 7.15. The molecule has 0 unspecified atom stereocenters.